The molecule has 0 aromatic heterocycles. The highest BCUT2D eigenvalue weighted by molar-refractivity contribution is 5.71. The van der Waals surface area contributed by atoms with E-state index in [1.165, 1.54) is 135 Å². The van der Waals surface area contributed by atoms with Crippen LogP contribution in [0.1, 0.15) is 271 Å². The highest BCUT2D eigenvalue weighted by Gasteiger charge is 2.19. The van der Waals surface area contributed by atoms with Crippen molar-refractivity contribution in [3.8, 4) is 0 Å². The minimum absolute atomic E-state index is 0.102. The Kier molecular flexibility index (Phi) is 53.4. The maximum Gasteiger partial charge on any atom is 0.306 e. The highest BCUT2D eigenvalue weighted by atomic mass is 16.6. The van der Waals surface area contributed by atoms with E-state index in [2.05, 4.69) is 99.8 Å². The first-order valence-electron chi connectivity index (χ1n) is 28.6. The highest BCUT2D eigenvalue weighted by Crippen LogP contribution is 2.16. The predicted octanol–water partition coefficient (Wildman–Crippen LogP) is 19.2. The van der Waals surface area contributed by atoms with Gasteiger partial charge in [-0.2, -0.15) is 0 Å². The second-order valence-electron chi connectivity index (χ2n) is 18.8. The first-order chi connectivity index (χ1) is 33.5. The Morgan fingerprint density at radius 2 is 0.603 bits per heavy atom. The van der Waals surface area contributed by atoms with E-state index in [1.54, 1.807) is 0 Å². The molecule has 0 aromatic carbocycles. The third kappa shape index (κ3) is 53.5. The van der Waals surface area contributed by atoms with Crippen molar-refractivity contribution in [3.63, 3.8) is 0 Å². The van der Waals surface area contributed by atoms with Crippen LogP contribution in [-0.4, -0.2) is 37.2 Å². The van der Waals surface area contributed by atoms with Crippen LogP contribution in [0.4, 0.5) is 0 Å². The first-order valence-corrected chi connectivity index (χ1v) is 28.6. The van der Waals surface area contributed by atoms with Crippen molar-refractivity contribution in [2.75, 3.05) is 13.2 Å². The van der Waals surface area contributed by atoms with Crippen LogP contribution in [0, 0.1) is 0 Å². The number of carbonyl (C=O) groups excluding carboxylic acids is 3. The average Bonchev–Trinajstić information content (AvgIpc) is 3.34. The van der Waals surface area contributed by atoms with E-state index in [-0.39, 0.29) is 37.5 Å². The van der Waals surface area contributed by atoms with Crippen molar-refractivity contribution in [2.45, 2.75) is 277 Å². The van der Waals surface area contributed by atoms with Crippen molar-refractivity contribution < 1.29 is 28.6 Å². The van der Waals surface area contributed by atoms with Crippen molar-refractivity contribution in [1.29, 1.82) is 0 Å². The molecule has 0 amide bonds. The fourth-order valence-electron chi connectivity index (χ4n) is 7.88. The lowest BCUT2D eigenvalue weighted by Crippen LogP contribution is -2.30. The van der Waals surface area contributed by atoms with E-state index in [4.69, 9.17) is 14.2 Å². The number of rotatable bonds is 51. The Labute approximate surface area is 420 Å². The minimum Gasteiger partial charge on any atom is -0.462 e. The number of carbonyl (C=O) groups is 3. The molecule has 0 radical (unpaired) electrons. The van der Waals surface area contributed by atoms with E-state index in [9.17, 15) is 14.4 Å². The Bertz CT molecular complexity index is 1320. The maximum absolute atomic E-state index is 12.9. The molecule has 68 heavy (non-hydrogen) atoms. The van der Waals surface area contributed by atoms with Crippen molar-refractivity contribution >= 4 is 17.9 Å². The zero-order valence-corrected chi connectivity index (χ0v) is 44.6. The summed E-state index contributed by atoms with van der Waals surface area (Å²) >= 11 is 0. The van der Waals surface area contributed by atoms with Gasteiger partial charge in [-0.25, -0.2) is 0 Å². The van der Waals surface area contributed by atoms with Crippen LogP contribution >= 0.6 is 0 Å². The monoisotopic (exact) mass is 947 g/mol. The lowest BCUT2D eigenvalue weighted by molar-refractivity contribution is -0.166. The molecule has 0 aliphatic carbocycles. The van der Waals surface area contributed by atoms with Crippen molar-refractivity contribution in [1.82, 2.24) is 0 Å². The van der Waals surface area contributed by atoms with Gasteiger partial charge in [0.15, 0.2) is 6.10 Å². The summed E-state index contributed by atoms with van der Waals surface area (Å²) in [6, 6.07) is 0. The molecule has 0 fully saturated rings. The van der Waals surface area contributed by atoms with Crippen molar-refractivity contribution in [3.05, 3.63) is 85.1 Å². The quantitative estimate of drug-likeness (QED) is 0.0262. The zero-order valence-electron chi connectivity index (χ0n) is 44.6. The van der Waals surface area contributed by atoms with Gasteiger partial charge in [-0.05, 0) is 83.5 Å². The molecule has 0 bridgehead atoms. The third-order valence-electron chi connectivity index (χ3n) is 12.1. The maximum atomic E-state index is 12.9. The molecule has 1 unspecified atom stereocenters. The number of unbranched alkanes of at least 4 members (excludes halogenated alkanes) is 26. The van der Waals surface area contributed by atoms with Gasteiger partial charge in [-0.15, -0.1) is 0 Å². The van der Waals surface area contributed by atoms with Gasteiger partial charge in [0.1, 0.15) is 13.2 Å². The van der Waals surface area contributed by atoms with Crippen LogP contribution in [0.2, 0.25) is 0 Å². The summed E-state index contributed by atoms with van der Waals surface area (Å²) in [5, 5.41) is 0. The van der Waals surface area contributed by atoms with Crippen LogP contribution in [-0.2, 0) is 28.6 Å². The Hall–Kier alpha value is -3.41. The van der Waals surface area contributed by atoms with Crippen LogP contribution in [0.5, 0.6) is 0 Å². The summed E-state index contributed by atoms with van der Waals surface area (Å²) in [6.07, 6.45) is 73.0. The Balaban J connectivity index is 4.45. The first kappa shape index (κ1) is 64.6. The number of allylic oxidation sites excluding steroid dienone is 14. The van der Waals surface area contributed by atoms with Gasteiger partial charge < -0.3 is 14.2 Å². The molecule has 390 valence electrons. The van der Waals surface area contributed by atoms with E-state index < -0.39 is 6.10 Å². The fraction of sp³-hybridized carbons (Fsp3) is 0.726. The molecular weight excluding hydrogens is 841 g/mol. The lowest BCUT2D eigenvalue weighted by Gasteiger charge is -2.18. The normalized spacial score (nSPS) is 12.7. The number of esters is 3. The third-order valence-corrected chi connectivity index (χ3v) is 12.1. The topological polar surface area (TPSA) is 78.9 Å². The number of hydrogen-bond donors (Lipinski definition) is 0. The number of ether oxygens (including phenoxy) is 3. The molecule has 0 N–H and O–H groups in total. The summed E-state index contributed by atoms with van der Waals surface area (Å²) in [4.78, 5) is 38.1. The largest absolute Gasteiger partial charge is 0.462 e. The van der Waals surface area contributed by atoms with Gasteiger partial charge in [-0.1, -0.05) is 254 Å². The van der Waals surface area contributed by atoms with Gasteiger partial charge in [-0.3, -0.25) is 14.4 Å². The number of hydrogen-bond acceptors (Lipinski definition) is 6. The molecule has 0 saturated carbocycles. The Morgan fingerprint density at radius 3 is 1.01 bits per heavy atom. The summed E-state index contributed by atoms with van der Waals surface area (Å²) in [6.45, 7) is 6.45. The van der Waals surface area contributed by atoms with Crippen LogP contribution in [0.15, 0.2) is 85.1 Å². The van der Waals surface area contributed by atoms with E-state index >= 15 is 0 Å². The minimum atomic E-state index is -0.809. The molecule has 0 rings (SSSR count). The second kappa shape index (κ2) is 56.2. The van der Waals surface area contributed by atoms with Gasteiger partial charge in [0.25, 0.3) is 0 Å². The molecule has 0 aliphatic heterocycles. The van der Waals surface area contributed by atoms with Crippen LogP contribution in [0.3, 0.4) is 0 Å². The molecule has 6 heteroatoms. The lowest BCUT2D eigenvalue weighted by atomic mass is 10.0. The van der Waals surface area contributed by atoms with Gasteiger partial charge in [0, 0.05) is 19.3 Å². The van der Waals surface area contributed by atoms with Crippen LogP contribution in [0.25, 0.3) is 0 Å². The molecule has 0 heterocycles. The molecule has 0 spiro atoms. The summed E-state index contributed by atoms with van der Waals surface area (Å²) in [7, 11) is 0. The van der Waals surface area contributed by atoms with Gasteiger partial charge in [0.2, 0.25) is 0 Å². The van der Waals surface area contributed by atoms with E-state index in [1.807, 2.05) is 6.08 Å². The second-order valence-corrected chi connectivity index (χ2v) is 18.8. The summed E-state index contributed by atoms with van der Waals surface area (Å²) in [5.74, 6) is -0.991. The SMILES string of the molecule is CC/C=C\C/C=C\C/C=C\C/C=C\C/C=C\C/C=C\CCC(=O)OCC(COC(=O)CCCCCCC/C=C\CCCCC)OC(=O)CCCCCCCCCCCCCCCCCCCCC. The molecule has 0 aromatic rings. The molecule has 1 atom stereocenters. The summed E-state index contributed by atoms with van der Waals surface area (Å²) in [5.41, 5.74) is 0. The smallest absolute Gasteiger partial charge is 0.306 e. The fourth-order valence-corrected chi connectivity index (χ4v) is 7.88. The Morgan fingerprint density at radius 1 is 0.309 bits per heavy atom. The molecular formula is C62H106O6. The van der Waals surface area contributed by atoms with Crippen molar-refractivity contribution in [2.24, 2.45) is 0 Å². The zero-order chi connectivity index (χ0) is 49.3. The van der Waals surface area contributed by atoms with Gasteiger partial charge >= 0.3 is 17.9 Å². The average molecular weight is 948 g/mol. The van der Waals surface area contributed by atoms with E-state index in [0.717, 1.165) is 89.9 Å². The molecule has 0 aliphatic rings. The van der Waals surface area contributed by atoms with Gasteiger partial charge in [0.05, 0.1) is 0 Å². The molecule has 0 saturated heterocycles. The molecule has 6 nitrogen and oxygen atoms in total. The summed E-state index contributed by atoms with van der Waals surface area (Å²) < 4.78 is 16.8. The van der Waals surface area contributed by atoms with Crippen LogP contribution < -0.4 is 0 Å². The standard InChI is InChI=1S/C62H106O6/c1-4-7-10-13-16-19-22-25-27-29-31-33-35-37-40-43-46-49-52-55-61(64)67-58-59(57-66-60(63)54-51-48-45-42-39-24-21-18-15-12-9-6-3)68-62(65)56-53-50-47-44-41-38-36-34-32-30-28-26-23-20-17-14-11-8-5-2/h7,10,16,18-19,21,25,27,31,33,37,40,46,49,59H,4-6,8-9,11-15,17,20,22-24,26,28-30,32,34-36,38-39,41-45,47-48,50-58H2,1-3H3/b10-7-,19-16-,21-18-,27-25-,33-31-,40-37-,49-46-. The van der Waals surface area contributed by atoms with E-state index in [0.29, 0.717) is 19.3 Å². The predicted molar refractivity (Wildman–Crippen MR) is 293 cm³/mol.